The first-order valence-electron chi connectivity index (χ1n) is 6.24. The van der Waals surface area contributed by atoms with Crippen LogP contribution in [0.15, 0.2) is 0 Å². The number of carbonyl (C=O) groups is 2. The van der Waals surface area contributed by atoms with Crippen molar-refractivity contribution >= 4 is 11.8 Å². The first-order valence-corrected chi connectivity index (χ1v) is 6.24. The molecule has 1 fully saturated rings. The molecule has 0 saturated carbocycles. The number of nitrogens with two attached hydrogens (primary N) is 1. The maximum Gasteiger partial charge on any atom is 0.240 e. The summed E-state index contributed by atoms with van der Waals surface area (Å²) < 4.78 is 0. The number of hydrogen-bond acceptors (Lipinski definition) is 3. The van der Waals surface area contributed by atoms with Crippen LogP contribution >= 0.6 is 0 Å². The van der Waals surface area contributed by atoms with E-state index >= 15 is 0 Å². The van der Waals surface area contributed by atoms with Crippen molar-refractivity contribution in [3.63, 3.8) is 0 Å². The normalized spacial score (nSPS) is 24.7. The summed E-state index contributed by atoms with van der Waals surface area (Å²) in [5.74, 6) is 0.0778. The zero-order chi connectivity index (χ0) is 13.0. The van der Waals surface area contributed by atoms with Gasteiger partial charge >= 0.3 is 0 Å². The molecule has 5 heteroatoms. The first kappa shape index (κ1) is 14.0. The highest BCUT2D eigenvalue weighted by atomic mass is 16.2. The molecule has 0 bridgehead atoms. The van der Waals surface area contributed by atoms with Crippen molar-refractivity contribution in [1.29, 1.82) is 0 Å². The van der Waals surface area contributed by atoms with Gasteiger partial charge in [0.2, 0.25) is 11.8 Å². The maximum atomic E-state index is 12.3. The molecular weight excluding hydrogens is 218 g/mol. The van der Waals surface area contributed by atoms with Gasteiger partial charge in [-0.25, -0.2) is 0 Å². The van der Waals surface area contributed by atoms with Gasteiger partial charge < -0.3 is 16.0 Å². The van der Waals surface area contributed by atoms with Gasteiger partial charge in [0.15, 0.2) is 0 Å². The molecule has 0 aromatic rings. The summed E-state index contributed by atoms with van der Waals surface area (Å²) in [5.41, 5.74) is 5.17. The minimum atomic E-state index is -0.462. The molecule has 98 valence electrons. The minimum absolute atomic E-state index is 0.00304. The number of amides is 2. The molecule has 2 unspecified atom stereocenters. The number of rotatable bonds is 4. The summed E-state index contributed by atoms with van der Waals surface area (Å²) >= 11 is 0. The largest absolute Gasteiger partial charge is 0.368 e. The van der Waals surface area contributed by atoms with Crippen molar-refractivity contribution in [3.05, 3.63) is 0 Å². The van der Waals surface area contributed by atoms with E-state index in [4.69, 9.17) is 5.73 Å². The molecular formula is C12H23N3O2. The van der Waals surface area contributed by atoms with Crippen LogP contribution in [0.25, 0.3) is 0 Å². The summed E-state index contributed by atoms with van der Waals surface area (Å²) in [5, 5.41) is 3.21. The van der Waals surface area contributed by atoms with E-state index in [-0.39, 0.29) is 24.5 Å². The average Bonchev–Trinajstić information content (AvgIpc) is 2.24. The fraction of sp³-hybridized carbons (Fsp3) is 0.833. The van der Waals surface area contributed by atoms with Gasteiger partial charge in [-0.3, -0.25) is 9.59 Å². The third-order valence-corrected chi connectivity index (χ3v) is 3.20. The molecule has 1 aliphatic rings. The highest BCUT2D eigenvalue weighted by Crippen LogP contribution is 2.17. The molecule has 0 aromatic heterocycles. The topological polar surface area (TPSA) is 75.4 Å². The van der Waals surface area contributed by atoms with E-state index < -0.39 is 5.91 Å². The summed E-state index contributed by atoms with van der Waals surface area (Å²) in [7, 11) is 0. The van der Waals surface area contributed by atoms with Crippen LogP contribution in [0.4, 0.5) is 0 Å². The maximum absolute atomic E-state index is 12.3. The third kappa shape index (κ3) is 4.00. The molecule has 2 atom stereocenters. The summed E-state index contributed by atoms with van der Waals surface area (Å²) in [4.78, 5) is 24.8. The number of primary amides is 1. The van der Waals surface area contributed by atoms with Gasteiger partial charge in [-0.05, 0) is 39.2 Å². The van der Waals surface area contributed by atoms with Gasteiger partial charge in [-0.15, -0.1) is 0 Å². The van der Waals surface area contributed by atoms with Gasteiger partial charge in [0.05, 0.1) is 12.6 Å². The second kappa shape index (κ2) is 6.00. The van der Waals surface area contributed by atoms with E-state index in [1.165, 1.54) is 0 Å². The molecule has 3 N–H and O–H groups in total. The van der Waals surface area contributed by atoms with E-state index in [0.717, 1.165) is 19.4 Å². The Bertz CT molecular complexity index is 291. The van der Waals surface area contributed by atoms with Crippen molar-refractivity contribution in [2.45, 2.75) is 45.7 Å². The molecule has 5 nitrogen and oxygen atoms in total. The smallest absolute Gasteiger partial charge is 0.240 e. The lowest BCUT2D eigenvalue weighted by atomic mass is 9.93. The standard InChI is InChI=1S/C12H23N3O2/c1-8(2)15(7-11(13)16)12(17)10-6-9(3)4-5-14-10/h8-10,14H,4-7H2,1-3H3,(H2,13,16). The predicted octanol–water partition coefficient (Wildman–Crippen LogP) is 0.0968. The number of nitrogens with zero attached hydrogens (tertiary/aromatic N) is 1. The number of nitrogens with one attached hydrogen (secondary N) is 1. The van der Waals surface area contributed by atoms with E-state index in [1.54, 1.807) is 4.90 Å². The van der Waals surface area contributed by atoms with Gasteiger partial charge in [0.1, 0.15) is 0 Å². The Morgan fingerprint density at radius 1 is 1.47 bits per heavy atom. The van der Waals surface area contributed by atoms with Gasteiger partial charge in [0, 0.05) is 6.04 Å². The number of piperidine rings is 1. The zero-order valence-electron chi connectivity index (χ0n) is 10.9. The van der Waals surface area contributed by atoms with Crippen molar-refractivity contribution in [2.24, 2.45) is 11.7 Å². The molecule has 0 aliphatic carbocycles. The summed E-state index contributed by atoms with van der Waals surface area (Å²) in [6.45, 7) is 6.80. The molecule has 1 aliphatic heterocycles. The van der Waals surface area contributed by atoms with Crippen LogP contribution in [0.1, 0.15) is 33.6 Å². The third-order valence-electron chi connectivity index (χ3n) is 3.20. The molecule has 1 saturated heterocycles. The summed E-state index contributed by atoms with van der Waals surface area (Å²) in [6.07, 6.45) is 1.93. The lowest BCUT2D eigenvalue weighted by molar-refractivity contribution is -0.139. The van der Waals surface area contributed by atoms with Crippen molar-refractivity contribution in [3.8, 4) is 0 Å². The predicted molar refractivity (Wildman–Crippen MR) is 66.2 cm³/mol. The molecule has 1 rings (SSSR count). The fourth-order valence-corrected chi connectivity index (χ4v) is 2.18. The average molecular weight is 241 g/mol. The van der Waals surface area contributed by atoms with Crippen LogP contribution in [0.2, 0.25) is 0 Å². The molecule has 2 amide bonds. The van der Waals surface area contributed by atoms with Crippen LogP contribution < -0.4 is 11.1 Å². The Labute approximate surface area is 103 Å². The lowest BCUT2D eigenvalue weighted by Gasteiger charge is -2.33. The summed E-state index contributed by atoms with van der Waals surface area (Å²) in [6, 6.07) is -0.172. The van der Waals surface area contributed by atoms with Crippen molar-refractivity contribution in [2.75, 3.05) is 13.1 Å². The van der Waals surface area contributed by atoms with Crippen LogP contribution in [0.5, 0.6) is 0 Å². The van der Waals surface area contributed by atoms with E-state index in [0.29, 0.717) is 5.92 Å². The zero-order valence-corrected chi connectivity index (χ0v) is 10.9. The van der Waals surface area contributed by atoms with Gasteiger partial charge in [0.25, 0.3) is 0 Å². The SMILES string of the molecule is CC1CCNC(C(=O)N(CC(N)=O)C(C)C)C1. The van der Waals surface area contributed by atoms with E-state index in [9.17, 15) is 9.59 Å². The number of hydrogen-bond donors (Lipinski definition) is 2. The number of carbonyl (C=O) groups excluding carboxylic acids is 2. The van der Waals surface area contributed by atoms with Crippen LogP contribution in [-0.2, 0) is 9.59 Å². The minimum Gasteiger partial charge on any atom is -0.368 e. The monoisotopic (exact) mass is 241 g/mol. The van der Waals surface area contributed by atoms with E-state index in [1.807, 2.05) is 13.8 Å². The lowest BCUT2D eigenvalue weighted by Crippen LogP contribution is -2.53. The second-order valence-corrected chi connectivity index (χ2v) is 5.16. The molecule has 17 heavy (non-hydrogen) atoms. The Kier molecular flexibility index (Phi) is 4.93. The van der Waals surface area contributed by atoms with Crippen LogP contribution in [0.3, 0.4) is 0 Å². The first-order chi connectivity index (χ1) is 7.91. The molecule has 0 radical (unpaired) electrons. The molecule has 0 aromatic carbocycles. The van der Waals surface area contributed by atoms with Gasteiger partial charge in [-0.1, -0.05) is 6.92 Å². The van der Waals surface area contributed by atoms with E-state index in [2.05, 4.69) is 12.2 Å². The molecule has 1 heterocycles. The van der Waals surface area contributed by atoms with Crippen LogP contribution in [0, 0.1) is 5.92 Å². The Balaban J connectivity index is 2.66. The Morgan fingerprint density at radius 3 is 2.59 bits per heavy atom. The highest BCUT2D eigenvalue weighted by Gasteiger charge is 2.30. The van der Waals surface area contributed by atoms with Gasteiger partial charge in [-0.2, -0.15) is 0 Å². The Hall–Kier alpha value is -1.10. The van der Waals surface area contributed by atoms with Crippen LogP contribution in [-0.4, -0.2) is 41.9 Å². The molecule has 0 spiro atoms. The quantitative estimate of drug-likeness (QED) is 0.733. The Morgan fingerprint density at radius 2 is 2.12 bits per heavy atom. The fourth-order valence-electron chi connectivity index (χ4n) is 2.18. The second-order valence-electron chi connectivity index (χ2n) is 5.16. The van der Waals surface area contributed by atoms with Crippen molar-refractivity contribution < 1.29 is 9.59 Å². The highest BCUT2D eigenvalue weighted by molar-refractivity contribution is 5.87. The van der Waals surface area contributed by atoms with Crippen molar-refractivity contribution in [1.82, 2.24) is 10.2 Å².